The molecule has 0 aliphatic carbocycles. The second-order valence-corrected chi connectivity index (χ2v) is 4.67. The van der Waals surface area contributed by atoms with Crippen molar-refractivity contribution in [1.29, 1.82) is 0 Å². The van der Waals surface area contributed by atoms with E-state index < -0.39 is 0 Å². The number of halogens is 1. The molecule has 0 fully saturated rings. The lowest BCUT2D eigenvalue weighted by Crippen LogP contribution is -2.28. The molecule has 0 amide bonds. The maximum absolute atomic E-state index is 12.9. The van der Waals surface area contributed by atoms with Gasteiger partial charge >= 0.3 is 0 Å². The van der Waals surface area contributed by atoms with Crippen LogP contribution in [0.25, 0.3) is 0 Å². The molecule has 0 aliphatic heterocycles. The third kappa shape index (κ3) is 6.14. The molecular formula is C15H24FNO2. The molecule has 4 heteroatoms. The molecule has 1 aromatic carbocycles. The van der Waals surface area contributed by atoms with Crippen LogP contribution in [0, 0.1) is 5.82 Å². The molecule has 2 unspecified atom stereocenters. The summed E-state index contributed by atoms with van der Waals surface area (Å²) in [5, 5.41) is 0. The first-order chi connectivity index (χ1) is 9.15. The van der Waals surface area contributed by atoms with E-state index in [9.17, 15) is 4.39 Å². The van der Waals surface area contributed by atoms with E-state index in [1.54, 1.807) is 12.1 Å². The average Bonchev–Trinajstić information content (AvgIpc) is 2.39. The largest absolute Gasteiger partial charge is 0.379 e. The fourth-order valence-corrected chi connectivity index (χ4v) is 1.79. The Morgan fingerprint density at radius 1 is 1.16 bits per heavy atom. The van der Waals surface area contributed by atoms with E-state index in [-0.39, 0.29) is 18.0 Å². The second kappa shape index (κ2) is 9.02. The molecule has 1 rings (SSSR count). The van der Waals surface area contributed by atoms with Gasteiger partial charge in [-0.05, 0) is 31.0 Å². The first kappa shape index (κ1) is 16.1. The van der Waals surface area contributed by atoms with Gasteiger partial charge in [0.1, 0.15) is 5.82 Å². The van der Waals surface area contributed by atoms with Crippen LogP contribution in [0.4, 0.5) is 4.39 Å². The fourth-order valence-electron chi connectivity index (χ4n) is 1.79. The van der Waals surface area contributed by atoms with Gasteiger partial charge in [0.15, 0.2) is 0 Å². The number of hydrogen-bond acceptors (Lipinski definition) is 3. The highest BCUT2D eigenvalue weighted by Gasteiger charge is 2.16. The van der Waals surface area contributed by atoms with Crippen LogP contribution >= 0.6 is 0 Å². The number of unbranched alkanes of at least 4 members (excludes halogenated alkanes) is 1. The number of ether oxygens (including phenoxy) is 2. The smallest absolute Gasteiger partial charge is 0.123 e. The Kier molecular flexibility index (Phi) is 7.63. The molecule has 0 spiro atoms. The van der Waals surface area contributed by atoms with Gasteiger partial charge in [-0.25, -0.2) is 4.39 Å². The van der Waals surface area contributed by atoms with Crippen molar-refractivity contribution in [3.05, 3.63) is 35.6 Å². The van der Waals surface area contributed by atoms with Crippen LogP contribution in [-0.4, -0.2) is 25.9 Å². The van der Waals surface area contributed by atoms with Crippen molar-refractivity contribution < 1.29 is 13.9 Å². The predicted octanol–water partition coefficient (Wildman–Crippen LogP) is 3.05. The molecule has 2 atom stereocenters. The van der Waals surface area contributed by atoms with Gasteiger partial charge < -0.3 is 15.2 Å². The van der Waals surface area contributed by atoms with Gasteiger partial charge in [-0.1, -0.05) is 25.5 Å². The molecule has 0 saturated carbocycles. The third-order valence-electron chi connectivity index (χ3n) is 2.84. The molecule has 0 saturated heterocycles. The van der Waals surface area contributed by atoms with E-state index in [4.69, 9.17) is 15.2 Å². The highest BCUT2D eigenvalue weighted by molar-refractivity contribution is 5.19. The van der Waals surface area contributed by atoms with Crippen molar-refractivity contribution >= 4 is 0 Å². The minimum absolute atomic E-state index is 0.152. The van der Waals surface area contributed by atoms with Crippen molar-refractivity contribution in [3.63, 3.8) is 0 Å². The summed E-state index contributed by atoms with van der Waals surface area (Å²) in [7, 11) is 0. The summed E-state index contributed by atoms with van der Waals surface area (Å²) in [5.41, 5.74) is 6.80. The fraction of sp³-hybridized carbons (Fsp3) is 0.600. The number of nitrogens with two attached hydrogens (primary N) is 1. The van der Waals surface area contributed by atoms with Crippen LogP contribution in [0.5, 0.6) is 0 Å². The zero-order valence-corrected chi connectivity index (χ0v) is 11.8. The maximum atomic E-state index is 12.9. The molecule has 19 heavy (non-hydrogen) atoms. The van der Waals surface area contributed by atoms with Crippen LogP contribution in [0.3, 0.4) is 0 Å². The summed E-state index contributed by atoms with van der Waals surface area (Å²) >= 11 is 0. The molecule has 0 radical (unpaired) electrons. The minimum atomic E-state index is -0.255. The van der Waals surface area contributed by atoms with E-state index in [0.717, 1.165) is 25.0 Å². The zero-order chi connectivity index (χ0) is 14.1. The minimum Gasteiger partial charge on any atom is -0.379 e. The molecule has 1 aromatic rings. The lowest BCUT2D eigenvalue weighted by Gasteiger charge is -2.22. The summed E-state index contributed by atoms with van der Waals surface area (Å²) in [6, 6.07) is 6.11. The molecule has 0 heterocycles. The van der Waals surface area contributed by atoms with Crippen LogP contribution in [0.2, 0.25) is 0 Å². The van der Waals surface area contributed by atoms with E-state index in [1.165, 1.54) is 12.1 Å². The maximum Gasteiger partial charge on any atom is 0.123 e. The average molecular weight is 269 g/mol. The second-order valence-electron chi connectivity index (χ2n) is 4.67. The standard InChI is InChI=1S/C15H24FNO2/c1-3-4-9-18-10-11-19-15(12(2)17)13-5-7-14(16)8-6-13/h5-8,12,15H,3-4,9-11,17H2,1-2H3. The molecule has 0 aromatic heterocycles. The molecule has 108 valence electrons. The number of benzene rings is 1. The van der Waals surface area contributed by atoms with Crippen LogP contribution in [-0.2, 0) is 9.47 Å². The van der Waals surface area contributed by atoms with Gasteiger partial charge in [-0.3, -0.25) is 0 Å². The first-order valence-electron chi connectivity index (χ1n) is 6.85. The summed E-state index contributed by atoms with van der Waals surface area (Å²) in [6.07, 6.45) is 1.96. The number of rotatable bonds is 9. The monoisotopic (exact) mass is 269 g/mol. The van der Waals surface area contributed by atoms with Crippen LogP contribution in [0.15, 0.2) is 24.3 Å². The zero-order valence-electron chi connectivity index (χ0n) is 11.8. The highest BCUT2D eigenvalue weighted by atomic mass is 19.1. The normalized spacial score (nSPS) is 14.3. The van der Waals surface area contributed by atoms with Crippen molar-refractivity contribution in [2.24, 2.45) is 5.73 Å². The summed E-state index contributed by atoms with van der Waals surface area (Å²) < 4.78 is 24.1. The Balaban J connectivity index is 2.39. The van der Waals surface area contributed by atoms with Gasteiger partial charge in [-0.15, -0.1) is 0 Å². The van der Waals surface area contributed by atoms with Gasteiger partial charge in [0, 0.05) is 12.6 Å². The van der Waals surface area contributed by atoms with Crippen molar-refractivity contribution in [1.82, 2.24) is 0 Å². The van der Waals surface area contributed by atoms with Gasteiger partial charge in [0.05, 0.1) is 19.3 Å². The Morgan fingerprint density at radius 2 is 1.84 bits per heavy atom. The first-order valence-corrected chi connectivity index (χ1v) is 6.85. The van der Waals surface area contributed by atoms with E-state index in [0.29, 0.717) is 13.2 Å². The Labute approximate surface area is 114 Å². The van der Waals surface area contributed by atoms with E-state index >= 15 is 0 Å². The van der Waals surface area contributed by atoms with E-state index in [2.05, 4.69) is 6.92 Å². The van der Waals surface area contributed by atoms with E-state index in [1.807, 2.05) is 6.92 Å². The molecular weight excluding hydrogens is 245 g/mol. The lowest BCUT2D eigenvalue weighted by molar-refractivity contribution is -0.00531. The Bertz CT molecular complexity index is 341. The quantitative estimate of drug-likeness (QED) is 0.701. The van der Waals surface area contributed by atoms with Gasteiger partial charge in [0.25, 0.3) is 0 Å². The summed E-state index contributed by atoms with van der Waals surface area (Å²) in [6.45, 7) is 5.82. The predicted molar refractivity (Wildman–Crippen MR) is 74.5 cm³/mol. The van der Waals surface area contributed by atoms with Crippen molar-refractivity contribution in [2.45, 2.75) is 38.8 Å². The van der Waals surface area contributed by atoms with Crippen LogP contribution in [0.1, 0.15) is 38.4 Å². The third-order valence-corrected chi connectivity index (χ3v) is 2.84. The Hall–Kier alpha value is -0.970. The molecule has 0 aliphatic rings. The molecule has 2 N–H and O–H groups in total. The summed E-state index contributed by atoms with van der Waals surface area (Å²) in [5.74, 6) is -0.255. The van der Waals surface area contributed by atoms with Crippen molar-refractivity contribution in [3.8, 4) is 0 Å². The van der Waals surface area contributed by atoms with Crippen molar-refractivity contribution in [2.75, 3.05) is 19.8 Å². The SMILES string of the molecule is CCCCOCCOC(c1ccc(F)cc1)C(C)N. The molecule has 3 nitrogen and oxygen atoms in total. The highest BCUT2D eigenvalue weighted by Crippen LogP contribution is 2.20. The summed E-state index contributed by atoms with van der Waals surface area (Å²) in [4.78, 5) is 0. The number of hydrogen-bond donors (Lipinski definition) is 1. The lowest BCUT2D eigenvalue weighted by atomic mass is 10.0. The van der Waals surface area contributed by atoms with Gasteiger partial charge in [-0.2, -0.15) is 0 Å². The topological polar surface area (TPSA) is 44.5 Å². The van der Waals surface area contributed by atoms with Crippen LogP contribution < -0.4 is 5.73 Å². The van der Waals surface area contributed by atoms with Gasteiger partial charge in [0.2, 0.25) is 0 Å². The Morgan fingerprint density at radius 3 is 2.42 bits per heavy atom. The molecule has 0 bridgehead atoms.